The van der Waals surface area contributed by atoms with Crippen LogP contribution in [0.5, 0.6) is 0 Å². The van der Waals surface area contributed by atoms with E-state index in [0.717, 1.165) is 38.2 Å². The van der Waals surface area contributed by atoms with Crippen molar-refractivity contribution in [1.29, 1.82) is 0 Å². The van der Waals surface area contributed by atoms with Gasteiger partial charge in [-0.1, -0.05) is 12.1 Å². The van der Waals surface area contributed by atoms with Crippen molar-refractivity contribution < 1.29 is 9.50 Å². The molecule has 4 heteroatoms. The van der Waals surface area contributed by atoms with Gasteiger partial charge in [-0.2, -0.15) is 0 Å². The molecule has 2 rings (SSSR count). The molecular weight excluding hydrogens is 237 g/mol. The first-order valence-corrected chi connectivity index (χ1v) is 7.02. The van der Waals surface area contributed by atoms with Crippen LogP contribution >= 0.6 is 11.8 Å². The van der Waals surface area contributed by atoms with Gasteiger partial charge in [0.25, 0.3) is 0 Å². The molecule has 1 heterocycles. The number of hydrogen-bond acceptors (Lipinski definition) is 3. The van der Waals surface area contributed by atoms with Gasteiger partial charge < -0.3 is 5.11 Å². The van der Waals surface area contributed by atoms with Gasteiger partial charge >= 0.3 is 0 Å². The number of β-amino-alcohol motifs (C(OH)–C–C–N with tert-alkyl or cyclic N) is 1. The second-order valence-corrected chi connectivity index (χ2v) is 5.51. The molecule has 0 radical (unpaired) electrons. The average Bonchev–Trinajstić information content (AvgIpc) is 2.32. The van der Waals surface area contributed by atoms with E-state index in [0.29, 0.717) is 4.90 Å². The molecule has 0 bridgehead atoms. The summed E-state index contributed by atoms with van der Waals surface area (Å²) in [6.07, 6.45) is 1.80. The van der Waals surface area contributed by atoms with Crippen molar-refractivity contribution in [2.45, 2.75) is 23.8 Å². The van der Waals surface area contributed by atoms with Crippen molar-refractivity contribution in [3.05, 3.63) is 30.1 Å². The van der Waals surface area contributed by atoms with E-state index in [1.165, 1.54) is 6.07 Å². The Labute approximate surface area is 106 Å². The zero-order chi connectivity index (χ0) is 12.1. The molecule has 1 aromatic rings. The Morgan fingerprint density at radius 3 is 3.00 bits per heavy atom. The SMILES string of the molecule is O[C@H]1CCCN(CCSc2ccccc2F)C1. The fourth-order valence-electron chi connectivity index (χ4n) is 2.08. The summed E-state index contributed by atoms with van der Waals surface area (Å²) in [6.45, 7) is 2.72. The average molecular weight is 255 g/mol. The number of nitrogens with zero attached hydrogens (tertiary/aromatic N) is 1. The number of aliphatic hydroxyl groups is 1. The lowest BCUT2D eigenvalue weighted by atomic mass is 10.1. The minimum Gasteiger partial charge on any atom is -0.392 e. The fourth-order valence-corrected chi connectivity index (χ4v) is 3.03. The van der Waals surface area contributed by atoms with Crippen molar-refractivity contribution in [3.8, 4) is 0 Å². The monoisotopic (exact) mass is 255 g/mol. The highest BCUT2D eigenvalue weighted by Crippen LogP contribution is 2.21. The van der Waals surface area contributed by atoms with Gasteiger partial charge in [0.2, 0.25) is 0 Å². The topological polar surface area (TPSA) is 23.5 Å². The maximum Gasteiger partial charge on any atom is 0.136 e. The molecule has 1 atom stereocenters. The molecule has 1 aliphatic rings. The number of thioether (sulfide) groups is 1. The van der Waals surface area contributed by atoms with Crippen LogP contribution in [0.3, 0.4) is 0 Å². The maximum atomic E-state index is 13.3. The van der Waals surface area contributed by atoms with E-state index in [1.807, 2.05) is 12.1 Å². The highest BCUT2D eigenvalue weighted by atomic mass is 32.2. The molecule has 0 spiro atoms. The highest BCUT2D eigenvalue weighted by Gasteiger charge is 2.16. The van der Waals surface area contributed by atoms with E-state index < -0.39 is 0 Å². The van der Waals surface area contributed by atoms with Crippen molar-refractivity contribution in [2.75, 3.05) is 25.4 Å². The van der Waals surface area contributed by atoms with Gasteiger partial charge in [-0.3, -0.25) is 4.90 Å². The molecule has 0 aliphatic carbocycles. The predicted octanol–water partition coefficient (Wildman–Crippen LogP) is 2.37. The van der Waals surface area contributed by atoms with Crippen LogP contribution in [0.25, 0.3) is 0 Å². The molecule has 0 amide bonds. The molecular formula is C13H18FNOS. The molecule has 0 aromatic heterocycles. The van der Waals surface area contributed by atoms with E-state index in [1.54, 1.807) is 17.8 Å². The van der Waals surface area contributed by atoms with Gasteiger partial charge in [-0.05, 0) is 31.5 Å². The second-order valence-electron chi connectivity index (χ2n) is 4.38. The predicted molar refractivity (Wildman–Crippen MR) is 68.8 cm³/mol. The van der Waals surface area contributed by atoms with Crippen LogP contribution in [-0.2, 0) is 0 Å². The third-order valence-electron chi connectivity index (χ3n) is 2.98. The smallest absolute Gasteiger partial charge is 0.136 e. The van der Waals surface area contributed by atoms with Crippen LogP contribution in [-0.4, -0.2) is 41.5 Å². The van der Waals surface area contributed by atoms with Crippen LogP contribution < -0.4 is 0 Å². The normalized spacial score (nSPS) is 21.6. The summed E-state index contributed by atoms with van der Waals surface area (Å²) in [6, 6.07) is 6.87. The van der Waals surface area contributed by atoms with Gasteiger partial charge in [-0.15, -0.1) is 11.8 Å². The standard InChI is InChI=1S/C13H18FNOS/c14-12-5-1-2-6-13(12)17-9-8-15-7-3-4-11(16)10-15/h1-2,5-6,11,16H,3-4,7-10H2/t11-/m0/s1. The van der Waals surface area contributed by atoms with E-state index in [4.69, 9.17) is 0 Å². The second kappa shape index (κ2) is 6.38. The zero-order valence-corrected chi connectivity index (χ0v) is 10.6. The highest BCUT2D eigenvalue weighted by molar-refractivity contribution is 7.99. The largest absolute Gasteiger partial charge is 0.392 e. The van der Waals surface area contributed by atoms with Crippen LogP contribution in [0.1, 0.15) is 12.8 Å². The van der Waals surface area contributed by atoms with Crippen LogP contribution in [0.4, 0.5) is 4.39 Å². The first kappa shape index (κ1) is 12.9. The number of hydrogen-bond donors (Lipinski definition) is 1. The zero-order valence-electron chi connectivity index (χ0n) is 9.81. The van der Waals surface area contributed by atoms with E-state index in [2.05, 4.69) is 4.90 Å². The molecule has 1 aliphatic heterocycles. The van der Waals surface area contributed by atoms with Crippen molar-refractivity contribution in [3.63, 3.8) is 0 Å². The Bertz CT molecular complexity index is 361. The molecule has 1 N–H and O–H groups in total. The third kappa shape index (κ3) is 3.98. The quantitative estimate of drug-likeness (QED) is 0.836. The summed E-state index contributed by atoms with van der Waals surface area (Å²) in [4.78, 5) is 2.97. The van der Waals surface area contributed by atoms with Crippen LogP contribution in [0, 0.1) is 5.82 Å². The Morgan fingerprint density at radius 2 is 2.24 bits per heavy atom. The van der Waals surface area contributed by atoms with Crippen molar-refractivity contribution >= 4 is 11.8 Å². The molecule has 0 saturated carbocycles. The number of aliphatic hydroxyl groups excluding tert-OH is 1. The lowest BCUT2D eigenvalue weighted by Crippen LogP contribution is -2.39. The Kier molecular flexibility index (Phi) is 4.83. The molecule has 0 unspecified atom stereocenters. The molecule has 94 valence electrons. The van der Waals surface area contributed by atoms with Gasteiger partial charge in [0, 0.05) is 23.7 Å². The van der Waals surface area contributed by atoms with E-state index >= 15 is 0 Å². The van der Waals surface area contributed by atoms with Crippen molar-refractivity contribution in [1.82, 2.24) is 4.90 Å². The lowest BCUT2D eigenvalue weighted by molar-refractivity contribution is 0.0743. The van der Waals surface area contributed by atoms with Gasteiger partial charge in [0.1, 0.15) is 5.82 Å². The van der Waals surface area contributed by atoms with Crippen molar-refractivity contribution in [2.24, 2.45) is 0 Å². The molecule has 17 heavy (non-hydrogen) atoms. The van der Waals surface area contributed by atoms with Crippen LogP contribution in [0.15, 0.2) is 29.2 Å². The van der Waals surface area contributed by atoms with Gasteiger partial charge in [-0.25, -0.2) is 4.39 Å². The maximum absolute atomic E-state index is 13.3. The number of halogens is 1. The minimum absolute atomic E-state index is 0.142. The van der Waals surface area contributed by atoms with E-state index in [-0.39, 0.29) is 11.9 Å². The van der Waals surface area contributed by atoms with Gasteiger partial charge in [0.05, 0.1) is 6.10 Å². The third-order valence-corrected chi connectivity index (χ3v) is 4.01. The number of piperidine rings is 1. The number of benzene rings is 1. The summed E-state index contributed by atoms with van der Waals surface area (Å²) < 4.78 is 13.3. The minimum atomic E-state index is -0.179. The van der Waals surface area contributed by atoms with E-state index in [9.17, 15) is 9.50 Å². The Hall–Kier alpha value is -0.580. The molecule has 2 nitrogen and oxygen atoms in total. The fraction of sp³-hybridized carbons (Fsp3) is 0.538. The molecule has 1 saturated heterocycles. The summed E-state index contributed by atoms with van der Waals surface area (Å²) in [5.74, 6) is 0.726. The summed E-state index contributed by atoms with van der Waals surface area (Å²) in [5, 5.41) is 9.53. The van der Waals surface area contributed by atoms with Crippen LogP contribution in [0.2, 0.25) is 0 Å². The lowest BCUT2D eigenvalue weighted by Gasteiger charge is -2.29. The first-order valence-electron chi connectivity index (χ1n) is 6.03. The first-order chi connectivity index (χ1) is 8.25. The Morgan fingerprint density at radius 1 is 1.41 bits per heavy atom. The molecule has 1 aromatic carbocycles. The molecule has 1 fully saturated rings. The summed E-state index contributed by atoms with van der Waals surface area (Å²) in [7, 11) is 0. The summed E-state index contributed by atoms with van der Waals surface area (Å²) >= 11 is 1.54. The van der Waals surface area contributed by atoms with Gasteiger partial charge in [0.15, 0.2) is 0 Å². The number of rotatable bonds is 4. The number of likely N-dealkylation sites (tertiary alicyclic amines) is 1. The Balaban J connectivity index is 1.74. The summed E-state index contributed by atoms with van der Waals surface area (Å²) in [5.41, 5.74) is 0.